The summed E-state index contributed by atoms with van der Waals surface area (Å²) >= 11 is 0. The minimum absolute atomic E-state index is 0.00314. The Morgan fingerprint density at radius 3 is 2.44 bits per heavy atom. The highest BCUT2D eigenvalue weighted by Crippen LogP contribution is 2.14. The molecule has 2 fully saturated rings. The molecule has 2 atom stereocenters. The van der Waals surface area contributed by atoms with Crippen molar-refractivity contribution >= 4 is 18.0 Å². The number of hydrogen-bond donors (Lipinski definition) is 1. The molecule has 0 bridgehead atoms. The molecule has 9 nitrogen and oxygen atoms in total. The van der Waals surface area contributed by atoms with Crippen LogP contribution >= 0.6 is 0 Å². The van der Waals surface area contributed by atoms with Crippen molar-refractivity contribution in [3.05, 3.63) is 0 Å². The number of carbonyl (C=O) groups is 3. The van der Waals surface area contributed by atoms with Crippen LogP contribution in [0.4, 0.5) is 4.79 Å². The van der Waals surface area contributed by atoms with Gasteiger partial charge in [-0.25, -0.2) is 4.79 Å². The number of nitrogens with zero attached hydrogens (tertiary/aromatic N) is 2. The topological polar surface area (TPSA) is 97.4 Å². The molecule has 0 aliphatic carbocycles. The molecule has 0 aromatic carbocycles. The Labute approximate surface area is 147 Å². The molecule has 0 saturated carbocycles. The fourth-order valence-electron chi connectivity index (χ4n) is 3.06. The second kappa shape index (κ2) is 9.57. The van der Waals surface area contributed by atoms with Gasteiger partial charge in [0.05, 0.1) is 26.2 Å². The SMILES string of the molecule is CCOC(=O)CC(C(=O)OCC)N1CCN(CC2CNC(=O)O2)CC1. The van der Waals surface area contributed by atoms with Gasteiger partial charge in [-0.05, 0) is 13.8 Å². The lowest BCUT2D eigenvalue weighted by Gasteiger charge is -2.38. The first-order valence-corrected chi connectivity index (χ1v) is 8.76. The van der Waals surface area contributed by atoms with Gasteiger partial charge in [-0.3, -0.25) is 19.4 Å². The zero-order valence-electron chi connectivity index (χ0n) is 14.9. The summed E-state index contributed by atoms with van der Waals surface area (Å²) in [6.45, 7) is 7.96. The van der Waals surface area contributed by atoms with E-state index in [-0.39, 0.29) is 31.8 Å². The van der Waals surface area contributed by atoms with Gasteiger partial charge >= 0.3 is 18.0 Å². The molecule has 1 N–H and O–H groups in total. The van der Waals surface area contributed by atoms with E-state index in [2.05, 4.69) is 10.2 Å². The maximum absolute atomic E-state index is 12.2. The van der Waals surface area contributed by atoms with Crippen LogP contribution in [-0.4, -0.2) is 92.5 Å². The van der Waals surface area contributed by atoms with Gasteiger partial charge in [0.15, 0.2) is 0 Å². The molecule has 2 saturated heterocycles. The molecule has 2 rings (SSSR count). The number of ether oxygens (including phenoxy) is 3. The van der Waals surface area contributed by atoms with Crippen molar-refractivity contribution in [2.45, 2.75) is 32.4 Å². The summed E-state index contributed by atoms with van der Waals surface area (Å²) in [5.74, 6) is -0.787. The number of alkyl carbamates (subject to hydrolysis) is 1. The summed E-state index contributed by atoms with van der Waals surface area (Å²) < 4.78 is 15.2. The van der Waals surface area contributed by atoms with Crippen LogP contribution in [0.3, 0.4) is 0 Å². The number of rotatable bonds is 8. The first-order valence-electron chi connectivity index (χ1n) is 8.76. The smallest absolute Gasteiger partial charge is 0.407 e. The Morgan fingerprint density at radius 1 is 1.20 bits per heavy atom. The number of amides is 1. The van der Waals surface area contributed by atoms with Crippen molar-refractivity contribution in [3.63, 3.8) is 0 Å². The summed E-state index contributed by atoms with van der Waals surface area (Å²) in [7, 11) is 0. The molecule has 1 amide bonds. The first-order chi connectivity index (χ1) is 12.0. The molecule has 0 aromatic heterocycles. The second-order valence-corrected chi connectivity index (χ2v) is 6.02. The van der Waals surface area contributed by atoms with Crippen molar-refractivity contribution in [1.82, 2.24) is 15.1 Å². The molecule has 2 aliphatic rings. The van der Waals surface area contributed by atoms with Crippen molar-refractivity contribution in [2.24, 2.45) is 0 Å². The highest BCUT2D eigenvalue weighted by atomic mass is 16.6. The average Bonchev–Trinajstić information content (AvgIpc) is 2.99. The third-order valence-corrected chi connectivity index (χ3v) is 4.28. The fourth-order valence-corrected chi connectivity index (χ4v) is 3.06. The van der Waals surface area contributed by atoms with Crippen LogP contribution in [0.25, 0.3) is 0 Å². The van der Waals surface area contributed by atoms with Crippen LogP contribution in [0.1, 0.15) is 20.3 Å². The Bertz CT molecular complexity index is 478. The van der Waals surface area contributed by atoms with Crippen molar-refractivity contribution in [2.75, 3.05) is 52.5 Å². The molecule has 0 radical (unpaired) electrons. The van der Waals surface area contributed by atoms with Crippen LogP contribution in [-0.2, 0) is 23.8 Å². The highest BCUT2D eigenvalue weighted by Gasteiger charge is 2.33. The lowest BCUT2D eigenvalue weighted by Crippen LogP contribution is -2.54. The van der Waals surface area contributed by atoms with Gasteiger partial charge in [-0.1, -0.05) is 0 Å². The van der Waals surface area contributed by atoms with Crippen LogP contribution in [0.15, 0.2) is 0 Å². The molecule has 25 heavy (non-hydrogen) atoms. The van der Waals surface area contributed by atoms with Crippen molar-refractivity contribution < 1.29 is 28.6 Å². The zero-order valence-corrected chi connectivity index (χ0v) is 14.9. The predicted octanol–water partition coefficient (Wildman–Crippen LogP) is -0.403. The van der Waals surface area contributed by atoms with Gasteiger partial charge < -0.3 is 19.5 Å². The molecule has 2 aliphatic heterocycles. The summed E-state index contributed by atoms with van der Waals surface area (Å²) in [5, 5.41) is 2.64. The van der Waals surface area contributed by atoms with Crippen LogP contribution < -0.4 is 5.32 Å². The van der Waals surface area contributed by atoms with Crippen molar-refractivity contribution in [1.29, 1.82) is 0 Å². The minimum Gasteiger partial charge on any atom is -0.466 e. The lowest BCUT2D eigenvalue weighted by atomic mass is 10.1. The Balaban J connectivity index is 1.85. The molecule has 2 heterocycles. The van der Waals surface area contributed by atoms with Gasteiger partial charge in [-0.15, -0.1) is 0 Å². The zero-order chi connectivity index (χ0) is 18.2. The maximum Gasteiger partial charge on any atom is 0.407 e. The normalized spacial score (nSPS) is 22.8. The van der Waals surface area contributed by atoms with E-state index < -0.39 is 18.0 Å². The molecular weight excluding hydrogens is 330 g/mol. The monoisotopic (exact) mass is 357 g/mol. The predicted molar refractivity (Wildman–Crippen MR) is 88.0 cm³/mol. The van der Waals surface area contributed by atoms with Gasteiger partial charge in [0.25, 0.3) is 0 Å². The van der Waals surface area contributed by atoms with E-state index in [1.54, 1.807) is 13.8 Å². The van der Waals surface area contributed by atoms with Crippen molar-refractivity contribution in [3.8, 4) is 0 Å². The number of cyclic esters (lactones) is 1. The fraction of sp³-hybridized carbons (Fsp3) is 0.812. The van der Waals surface area contributed by atoms with E-state index in [0.717, 1.165) is 13.1 Å². The lowest BCUT2D eigenvalue weighted by molar-refractivity contribution is -0.157. The average molecular weight is 357 g/mol. The van der Waals surface area contributed by atoms with Gasteiger partial charge in [-0.2, -0.15) is 0 Å². The third kappa shape index (κ3) is 5.86. The molecule has 9 heteroatoms. The Morgan fingerprint density at radius 2 is 1.88 bits per heavy atom. The van der Waals surface area contributed by atoms with E-state index in [1.807, 2.05) is 4.90 Å². The maximum atomic E-state index is 12.2. The number of nitrogens with one attached hydrogen (secondary N) is 1. The van der Waals surface area contributed by atoms with Crippen LogP contribution in [0.5, 0.6) is 0 Å². The third-order valence-electron chi connectivity index (χ3n) is 4.28. The number of esters is 2. The second-order valence-electron chi connectivity index (χ2n) is 6.02. The van der Waals surface area contributed by atoms with Crippen LogP contribution in [0, 0.1) is 0 Å². The quantitative estimate of drug-likeness (QED) is 0.463. The van der Waals surface area contributed by atoms with E-state index >= 15 is 0 Å². The molecular formula is C16H27N3O6. The van der Waals surface area contributed by atoms with E-state index in [0.29, 0.717) is 26.2 Å². The van der Waals surface area contributed by atoms with E-state index in [1.165, 1.54) is 0 Å². The summed E-state index contributed by atoms with van der Waals surface area (Å²) in [6.07, 6.45) is -0.517. The number of carbonyl (C=O) groups excluding carboxylic acids is 3. The Kier molecular flexibility index (Phi) is 7.45. The van der Waals surface area contributed by atoms with E-state index in [9.17, 15) is 14.4 Å². The minimum atomic E-state index is -0.618. The molecule has 0 spiro atoms. The van der Waals surface area contributed by atoms with E-state index in [4.69, 9.17) is 14.2 Å². The molecule has 0 aromatic rings. The van der Waals surface area contributed by atoms with Gasteiger partial charge in [0, 0.05) is 32.7 Å². The standard InChI is InChI=1S/C16H27N3O6/c1-3-23-14(20)9-13(15(21)24-4-2)19-7-5-18(6-8-19)11-12-10-17-16(22)25-12/h12-13H,3-11H2,1-2H3,(H,17,22). The molecule has 2 unspecified atom stereocenters. The first kappa shape index (κ1) is 19.5. The summed E-state index contributed by atoms with van der Waals surface area (Å²) in [6, 6.07) is -0.618. The largest absolute Gasteiger partial charge is 0.466 e. The van der Waals surface area contributed by atoms with Gasteiger partial charge in [0.1, 0.15) is 12.1 Å². The summed E-state index contributed by atoms with van der Waals surface area (Å²) in [5.41, 5.74) is 0. The Hall–Kier alpha value is -1.87. The number of piperazine rings is 1. The van der Waals surface area contributed by atoms with Crippen LogP contribution in [0.2, 0.25) is 0 Å². The summed E-state index contributed by atoms with van der Waals surface area (Å²) in [4.78, 5) is 39.3. The number of hydrogen-bond acceptors (Lipinski definition) is 8. The molecule has 142 valence electrons. The highest BCUT2D eigenvalue weighted by molar-refractivity contribution is 5.82. The van der Waals surface area contributed by atoms with Gasteiger partial charge in [0.2, 0.25) is 0 Å².